The summed E-state index contributed by atoms with van der Waals surface area (Å²) >= 11 is 0. The molecule has 1 amide bonds. The summed E-state index contributed by atoms with van der Waals surface area (Å²) in [6, 6.07) is 14.3. The maximum atomic E-state index is 13.2. The molecule has 0 radical (unpaired) electrons. The molecule has 6 rings (SSSR count). The second-order valence-electron chi connectivity index (χ2n) is 9.32. The first-order valence-corrected chi connectivity index (χ1v) is 12.0. The number of aromatic amines is 1. The van der Waals surface area contributed by atoms with Gasteiger partial charge in [0.1, 0.15) is 17.6 Å². The highest BCUT2D eigenvalue weighted by Gasteiger charge is 2.27. The van der Waals surface area contributed by atoms with Gasteiger partial charge in [-0.1, -0.05) is 23.4 Å². The number of carbonyl (C=O) groups excluding carboxylic acids is 1. The third-order valence-electron chi connectivity index (χ3n) is 7.03. The summed E-state index contributed by atoms with van der Waals surface area (Å²) in [5, 5.41) is 13.1. The summed E-state index contributed by atoms with van der Waals surface area (Å²) < 4.78 is 21.2. The molecule has 2 aliphatic rings. The molecule has 1 atom stereocenters. The number of halogens is 1. The normalized spacial score (nSPS) is 19.1. The molecule has 1 fully saturated rings. The summed E-state index contributed by atoms with van der Waals surface area (Å²) in [6.45, 7) is 3.47. The highest BCUT2D eigenvalue weighted by atomic mass is 19.1. The van der Waals surface area contributed by atoms with Gasteiger partial charge in [-0.25, -0.2) is 9.07 Å². The highest BCUT2D eigenvalue weighted by Crippen LogP contribution is 2.28. The maximum Gasteiger partial charge on any atom is 0.251 e. The van der Waals surface area contributed by atoms with Gasteiger partial charge in [-0.15, -0.1) is 5.10 Å². The van der Waals surface area contributed by atoms with Crippen LogP contribution in [-0.2, 0) is 24.4 Å². The number of likely N-dealkylation sites (tertiary alicyclic amines) is 1. The molecule has 2 N–H and O–H groups in total. The predicted octanol–water partition coefficient (Wildman–Crippen LogP) is 3.56. The number of piperidine rings is 1. The molecule has 4 heterocycles. The van der Waals surface area contributed by atoms with Crippen LogP contribution in [0.1, 0.15) is 46.3 Å². The van der Waals surface area contributed by atoms with Crippen molar-refractivity contribution in [2.45, 2.75) is 44.7 Å². The van der Waals surface area contributed by atoms with Crippen molar-refractivity contribution in [3.8, 4) is 0 Å². The Hall–Kier alpha value is -3.56. The van der Waals surface area contributed by atoms with E-state index in [2.05, 4.69) is 25.5 Å². The molecule has 0 bridgehead atoms. The fraction of sp³-hybridized carbons (Fsp3) is 0.346. The van der Waals surface area contributed by atoms with Crippen LogP contribution in [0.5, 0.6) is 0 Å². The summed E-state index contributed by atoms with van der Waals surface area (Å²) in [5.41, 5.74) is 4.52. The average Bonchev–Trinajstić information content (AvgIpc) is 3.52. The molecule has 4 aromatic rings. The lowest BCUT2D eigenvalue weighted by atomic mass is 10.0. The van der Waals surface area contributed by atoms with E-state index < -0.39 is 0 Å². The molecule has 35 heavy (non-hydrogen) atoms. The van der Waals surface area contributed by atoms with Crippen LogP contribution >= 0.6 is 0 Å². The zero-order valence-electron chi connectivity index (χ0n) is 19.3. The number of carbonyl (C=O) groups is 1. The first-order valence-electron chi connectivity index (χ1n) is 12.0. The van der Waals surface area contributed by atoms with Crippen molar-refractivity contribution in [2.24, 2.45) is 0 Å². The van der Waals surface area contributed by atoms with Crippen LogP contribution < -0.4 is 5.32 Å². The average molecular weight is 475 g/mol. The van der Waals surface area contributed by atoms with Gasteiger partial charge in [-0.05, 0) is 54.1 Å². The molecule has 0 saturated carbocycles. The van der Waals surface area contributed by atoms with Crippen LogP contribution in [0.3, 0.4) is 0 Å². The molecule has 2 aromatic carbocycles. The van der Waals surface area contributed by atoms with Crippen LogP contribution in [0.2, 0.25) is 0 Å². The summed E-state index contributed by atoms with van der Waals surface area (Å²) in [4.78, 5) is 18.2. The quantitative estimate of drug-likeness (QED) is 0.462. The number of hydrogen-bond donors (Lipinski definition) is 2. The molecule has 1 saturated heterocycles. The van der Waals surface area contributed by atoms with E-state index in [9.17, 15) is 9.18 Å². The smallest absolute Gasteiger partial charge is 0.251 e. The van der Waals surface area contributed by atoms with E-state index >= 15 is 0 Å². The van der Waals surface area contributed by atoms with Crippen LogP contribution in [0, 0.1) is 5.82 Å². The lowest BCUT2D eigenvalue weighted by Crippen LogP contribution is -2.44. The van der Waals surface area contributed by atoms with Crippen molar-refractivity contribution < 1.29 is 13.9 Å². The molecule has 180 valence electrons. The molecule has 0 spiro atoms. The number of nitrogens with one attached hydrogen (secondary N) is 2. The third kappa shape index (κ3) is 4.56. The van der Waals surface area contributed by atoms with Crippen LogP contribution in [0.25, 0.3) is 10.9 Å². The molecular weight excluding hydrogens is 447 g/mol. The Morgan fingerprint density at radius 2 is 1.97 bits per heavy atom. The number of ether oxygens (including phenoxy) is 1. The van der Waals surface area contributed by atoms with E-state index in [0.29, 0.717) is 25.3 Å². The summed E-state index contributed by atoms with van der Waals surface area (Å²) in [7, 11) is 0. The van der Waals surface area contributed by atoms with E-state index in [1.165, 1.54) is 12.1 Å². The van der Waals surface area contributed by atoms with Crippen LogP contribution in [0.15, 0.2) is 54.7 Å². The van der Waals surface area contributed by atoms with Crippen molar-refractivity contribution >= 4 is 16.8 Å². The molecule has 8 nitrogen and oxygen atoms in total. The van der Waals surface area contributed by atoms with Gasteiger partial charge in [0.15, 0.2) is 0 Å². The predicted molar refractivity (Wildman–Crippen MR) is 128 cm³/mol. The lowest BCUT2D eigenvalue weighted by molar-refractivity contribution is -0.00220. The van der Waals surface area contributed by atoms with Crippen molar-refractivity contribution in [3.05, 3.63) is 83.1 Å². The van der Waals surface area contributed by atoms with E-state index in [0.717, 1.165) is 53.8 Å². The first kappa shape index (κ1) is 21.9. The molecule has 0 aliphatic carbocycles. The number of benzene rings is 2. The Labute approximate surface area is 202 Å². The van der Waals surface area contributed by atoms with Gasteiger partial charge in [0, 0.05) is 43.0 Å². The topological polar surface area (TPSA) is 88.1 Å². The van der Waals surface area contributed by atoms with Crippen molar-refractivity contribution in [1.29, 1.82) is 0 Å². The van der Waals surface area contributed by atoms with Crippen LogP contribution in [0.4, 0.5) is 4.39 Å². The summed E-state index contributed by atoms with van der Waals surface area (Å²) in [5.74, 6) is -0.283. The molecule has 2 aromatic heterocycles. The Morgan fingerprint density at radius 1 is 1.14 bits per heavy atom. The lowest BCUT2D eigenvalue weighted by Gasteiger charge is -2.32. The number of H-pyrrole nitrogens is 1. The van der Waals surface area contributed by atoms with Gasteiger partial charge in [0.25, 0.3) is 5.91 Å². The van der Waals surface area contributed by atoms with E-state index in [-0.39, 0.29) is 23.9 Å². The van der Waals surface area contributed by atoms with E-state index in [1.54, 1.807) is 12.1 Å². The Morgan fingerprint density at radius 3 is 2.80 bits per heavy atom. The zero-order valence-corrected chi connectivity index (χ0v) is 19.3. The Kier molecular flexibility index (Phi) is 5.79. The number of aromatic nitrogens is 4. The van der Waals surface area contributed by atoms with Gasteiger partial charge in [-0.2, -0.15) is 0 Å². The van der Waals surface area contributed by atoms with Gasteiger partial charge < -0.3 is 15.0 Å². The standard InChI is InChI=1S/C26H27FN6O2/c27-20-5-3-18(4-6-20)25-15-33-24(16-35-25)23(30-31-33)14-32-11-8-21(9-12-32)29-26(34)19-2-1-17-7-10-28-22(17)13-19/h1-7,10,13,21,25,28H,8-9,11-12,14-16H2,(H,29,34)/t25-/m1/s1. The van der Waals surface area contributed by atoms with Gasteiger partial charge in [0.2, 0.25) is 0 Å². The largest absolute Gasteiger partial charge is 0.365 e. The number of amides is 1. The minimum absolute atomic E-state index is 0.0276. The number of nitrogens with zero attached hydrogens (tertiary/aromatic N) is 4. The van der Waals surface area contributed by atoms with Crippen molar-refractivity contribution in [3.63, 3.8) is 0 Å². The Bertz CT molecular complexity index is 1340. The second-order valence-corrected chi connectivity index (χ2v) is 9.32. The minimum Gasteiger partial charge on any atom is -0.365 e. The number of hydrogen-bond acceptors (Lipinski definition) is 5. The Balaban J connectivity index is 1.02. The third-order valence-corrected chi connectivity index (χ3v) is 7.03. The molecule has 2 aliphatic heterocycles. The molecular formula is C26H27FN6O2. The summed E-state index contributed by atoms with van der Waals surface area (Å²) in [6.07, 6.45) is 3.51. The van der Waals surface area contributed by atoms with Crippen molar-refractivity contribution in [2.75, 3.05) is 13.1 Å². The molecule has 9 heteroatoms. The second kappa shape index (κ2) is 9.24. The fourth-order valence-corrected chi connectivity index (χ4v) is 4.97. The first-order chi connectivity index (χ1) is 17.1. The number of fused-ring (bicyclic) bond motifs is 2. The monoisotopic (exact) mass is 474 g/mol. The maximum absolute atomic E-state index is 13.2. The highest BCUT2D eigenvalue weighted by molar-refractivity contribution is 5.98. The van der Waals surface area contributed by atoms with E-state index in [4.69, 9.17) is 4.74 Å². The number of rotatable bonds is 5. The molecule has 0 unspecified atom stereocenters. The zero-order chi connectivity index (χ0) is 23.8. The SMILES string of the molecule is O=C(NC1CCN(Cc2nnn3c2CO[C@@H](c2ccc(F)cc2)C3)CC1)c1ccc2cc[nH]c2c1. The minimum atomic E-state index is -0.255. The van der Waals surface area contributed by atoms with Gasteiger partial charge >= 0.3 is 0 Å². The van der Waals surface area contributed by atoms with Gasteiger partial charge in [0.05, 0.1) is 18.8 Å². The van der Waals surface area contributed by atoms with Crippen LogP contribution in [-0.4, -0.2) is 49.9 Å². The van der Waals surface area contributed by atoms with Gasteiger partial charge in [-0.3, -0.25) is 9.69 Å². The van der Waals surface area contributed by atoms with Crippen molar-refractivity contribution in [1.82, 2.24) is 30.2 Å². The van der Waals surface area contributed by atoms with E-state index in [1.807, 2.05) is 35.1 Å². The fourth-order valence-electron chi connectivity index (χ4n) is 4.97.